The van der Waals surface area contributed by atoms with E-state index >= 15 is 0 Å². The number of aromatic amines is 1. The summed E-state index contributed by atoms with van der Waals surface area (Å²) in [6.45, 7) is 3.97. The fourth-order valence-electron chi connectivity index (χ4n) is 3.47. The van der Waals surface area contributed by atoms with Crippen molar-refractivity contribution in [3.05, 3.63) is 52.2 Å². The van der Waals surface area contributed by atoms with Crippen molar-refractivity contribution in [1.29, 1.82) is 0 Å². The van der Waals surface area contributed by atoms with Gasteiger partial charge in [-0.15, -0.1) is 12.4 Å². The molecule has 3 heterocycles. The Kier molecular flexibility index (Phi) is 4.57. The molecule has 0 amide bonds. The molecule has 1 aromatic heterocycles. The van der Waals surface area contributed by atoms with E-state index in [1.807, 2.05) is 6.07 Å². The number of likely N-dealkylation sites (tertiary alicyclic amines) is 1. The SMILES string of the molecule is Cl.O=c1[nH]nc2n1CC1(CCN(CCc3ccccc3)C1)OC2. The molecule has 1 saturated heterocycles. The first-order valence-corrected chi connectivity index (χ1v) is 7.78. The summed E-state index contributed by atoms with van der Waals surface area (Å²) in [6.07, 6.45) is 2.02. The van der Waals surface area contributed by atoms with Crippen molar-refractivity contribution in [3.63, 3.8) is 0 Å². The van der Waals surface area contributed by atoms with Gasteiger partial charge in [-0.2, -0.15) is 5.10 Å². The second-order valence-electron chi connectivity index (χ2n) is 6.26. The number of nitrogens with zero attached hydrogens (tertiary/aromatic N) is 3. The third-order valence-electron chi connectivity index (χ3n) is 4.75. The van der Waals surface area contributed by atoms with Gasteiger partial charge in [-0.25, -0.2) is 9.89 Å². The number of ether oxygens (including phenoxy) is 1. The molecular formula is C16H21ClN4O2. The van der Waals surface area contributed by atoms with Crippen molar-refractivity contribution < 1.29 is 4.74 Å². The van der Waals surface area contributed by atoms with Crippen molar-refractivity contribution >= 4 is 12.4 Å². The van der Waals surface area contributed by atoms with Gasteiger partial charge in [-0.1, -0.05) is 30.3 Å². The van der Waals surface area contributed by atoms with Crippen LogP contribution in [0.4, 0.5) is 0 Å². The number of benzene rings is 1. The highest BCUT2D eigenvalue weighted by atomic mass is 35.5. The van der Waals surface area contributed by atoms with Gasteiger partial charge in [0.2, 0.25) is 0 Å². The van der Waals surface area contributed by atoms with Crippen molar-refractivity contribution in [2.24, 2.45) is 0 Å². The summed E-state index contributed by atoms with van der Waals surface area (Å²) in [4.78, 5) is 14.2. The molecule has 124 valence electrons. The lowest BCUT2D eigenvalue weighted by atomic mass is 10.0. The van der Waals surface area contributed by atoms with E-state index in [4.69, 9.17) is 4.74 Å². The Morgan fingerprint density at radius 2 is 2.09 bits per heavy atom. The van der Waals surface area contributed by atoms with Gasteiger partial charge < -0.3 is 4.74 Å². The number of aromatic nitrogens is 3. The largest absolute Gasteiger partial charge is 0.364 e. The van der Waals surface area contributed by atoms with Crippen molar-refractivity contribution in [1.82, 2.24) is 19.7 Å². The fourth-order valence-corrected chi connectivity index (χ4v) is 3.47. The lowest BCUT2D eigenvalue weighted by molar-refractivity contribution is -0.0828. The zero-order chi connectivity index (χ0) is 15.0. The first kappa shape index (κ1) is 16.2. The monoisotopic (exact) mass is 336 g/mol. The van der Waals surface area contributed by atoms with E-state index in [1.54, 1.807) is 4.57 Å². The van der Waals surface area contributed by atoms with Crippen LogP contribution >= 0.6 is 12.4 Å². The summed E-state index contributed by atoms with van der Waals surface area (Å²) >= 11 is 0. The normalized spacial score (nSPS) is 23.7. The highest BCUT2D eigenvalue weighted by Gasteiger charge is 2.42. The first-order chi connectivity index (χ1) is 10.7. The summed E-state index contributed by atoms with van der Waals surface area (Å²) in [5.74, 6) is 0.707. The molecule has 1 unspecified atom stereocenters. The lowest BCUT2D eigenvalue weighted by Gasteiger charge is -2.33. The van der Waals surface area contributed by atoms with Crippen LogP contribution in [0.15, 0.2) is 35.1 Å². The zero-order valence-corrected chi connectivity index (χ0v) is 13.7. The molecule has 1 atom stereocenters. The lowest BCUT2D eigenvalue weighted by Crippen LogP contribution is -2.46. The van der Waals surface area contributed by atoms with E-state index in [0.29, 0.717) is 19.0 Å². The fraction of sp³-hybridized carbons (Fsp3) is 0.500. The maximum absolute atomic E-state index is 11.8. The molecule has 0 bridgehead atoms. The Morgan fingerprint density at radius 3 is 2.91 bits per heavy atom. The summed E-state index contributed by atoms with van der Waals surface area (Å²) in [5, 5.41) is 6.50. The minimum absolute atomic E-state index is 0. The number of rotatable bonds is 3. The van der Waals surface area contributed by atoms with Gasteiger partial charge in [0, 0.05) is 19.6 Å². The van der Waals surface area contributed by atoms with Crippen molar-refractivity contribution in [2.45, 2.75) is 31.6 Å². The minimum atomic E-state index is -0.225. The van der Waals surface area contributed by atoms with E-state index < -0.39 is 0 Å². The second-order valence-corrected chi connectivity index (χ2v) is 6.26. The van der Waals surface area contributed by atoms with Crippen LogP contribution in [0.5, 0.6) is 0 Å². The predicted octanol–water partition coefficient (Wildman–Crippen LogP) is 1.21. The Labute approximate surface area is 140 Å². The molecule has 23 heavy (non-hydrogen) atoms. The standard InChI is InChI=1S/C16H20N4O2.ClH/c21-15-18-17-14-10-22-16(12-20(14)15)7-9-19(11-16)8-6-13-4-2-1-3-5-13;/h1-5H,6-12H2,(H,18,21);1H. The van der Waals surface area contributed by atoms with Crippen LogP contribution in [0.3, 0.4) is 0 Å². The third-order valence-corrected chi connectivity index (χ3v) is 4.75. The van der Waals surface area contributed by atoms with Crippen LogP contribution < -0.4 is 5.69 Å². The Hall–Kier alpha value is -1.63. The molecule has 4 rings (SSSR count). The second kappa shape index (κ2) is 6.47. The molecule has 1 aromatic carbocycles. The van der Waals surface area contributed by atoms with E-state index in [-0.39, 0.29) is 23.7 Å². The summed E-state index contributed by atoms with van der Waals surface area (Å²) in [5.41, 5.74) is 1.01. The van der Waals surface area contributed by atoms with Crippen LogP contribution in [0.1, 0.15) is 17.8 Å². The minimum Gasteiger partial charge on any atom is -0.364 e. The van der Waals surface area contributed by atoms with E-state index in [0.717, 1.165) is 32.5 Å². The molecule has 0 saturated carbocycles. The first-order valence-electron chi connectivity index (χ1n) is 7.78. The molecule has 2 aliphatic heterocycles. The zero-order valence-electron chi connectivity index (χ0n) is 12.9. The van der Waals surface area contributed by atoms with Gasteiger partial charge in [0.1, 0.15) is 12.2 Å². The van der Waals surface area contributed by atoms with Gasteiger partial charge in [0.15, 0.2) is 5.82 Å². The topological polar surface area (TPSA) is 63.2 Å². The van der Waals surface area contributed by atoms with Crippen LogP contribution in [0.2, 0.25) is 0 Å². The maximum Gasteiger partial charge on any atom is 0.343 e. The molecule has 1 spiro atoms. The van der Waals surface area contributed by atoms with Gasteiger partial charge in [0.25, 0.3) is 0 Å². The summed E-state index contributed by atoms with van der Waals surface area (Å²) < 4.78 is 7.79. The molecule has 0 radical (unpaired) electrons. The highest BCUT2D eigenvalue weighted by molar-refractivity contribution is 5.85. The average molecular weight is 337 g/mol. The van der Waals surface area contributed by atoms with E-state index in [2.05, 4.69) is 39.4 Å². The molecule has 1 fully saturated rings. The van der Waals surface area contributed by atoms with Gasteiger partial charge >= 0.3 is 5.69 Å². The number of H-pyrrole nitrogens is 1. The maximum atomic E-state index is 11.8. The van der Waals surface area contributed by atoms with Crippen LogP contribution in [0.25, 0.3) is 0 Å². The summed E-state index contributed by atoms with van der Waals surface area (Å²) in [6, 6.07) is 10.5. The molecule has 2 aliphatic rings. The van der Waals surface area contributed by atoms with Gasteiger partial charge in [-0.3, -0.25) is 9.47 Å². The number of hydrogen-bond donors (Lipinski definition) is 1. The van der Waals surface area contributed by atoms with Crippen LogP contribution in [-0.4, -0.2) is 44.9 Å². The average Bonchev–Trinajstić information content (AvgIpc) is 3.11. The molecule has 0 aliphatic carbocycles. The van der Waals surface area contributed by atoms with Gasteiger partial charge in [0.05, 0.1) is 6.54 Å². The molecule has 2 aromatic rings. The highest BCUT2D eigenvalue weighted by Crippen LogP contribution is 2.31. The quantitative estimate of drug-likeness (QED) is 0.915. The molecule has 6 nitrogen and oxygen atoms in total. The molecule has 7 heteroatoms. The third kappa shape index (κ3) is 3.20. The Bertz CT molecular complexity index is 714. The molecule has 1 N–H and O–H groups in total. The van der Waals surface area contributed by atoms with Gasteiger partial charge in [-0.05, 0) is 18.4 Å². The summed E-state index contributed by atoms with van der Waals surface area (Å²) in [7, 11) is 0. The van der Waals surface area contributed by atoms with Crippen LogP contribution in [0, 0.1) is 0 Å². The Morgan fingerprint density at radius 1 is 1.26 bits per heavy atom. The number of nitrogens with one attached hydrogen (secondary N) is 1. The predicted molar refractivity (Wildman–Crippen MR) is 88.8 cm³/mol. The molecular weight excluding hydrogens is 316 g/mol. The smallest absolute Gasteiger partial charge is 0.343 e. The number of fused-ring (bicyclic) bond motifs is 1. The number of halogens is 1. The Balaban J connectivity index is 0.00000156. The van der Waals surface area contributed by atoms with Crippen molar-refractivity contribution in [3.8, 4) is 0 Å². The van der Waals surface area contributed by atoms with Crippen LogP contribution in [-0.2, 0) is 24.3 Å². The van der Waals surface area contributed by atoms with E-state index in [1.165, 1.54) is 5.56 Å². The van der Waals surface area contributed by atoms with Crippen molar-refractivity contribution in [2.75, 3.05) is 19.6 Å². The van der Waals surface area contributed by atoms with E-state index in [9.17, 15) is 4.79 Å². The number of hydrogen-bond acceptors (Lipinski definition) is 4.